The van der Waals surface area contributed by atoms with Crippen molar-refractivity contribution < 1.29 is 13.2 Å². The lowest BCUT2D eigenvalue weighted by Crippen LogP contribution is -2.19. The van der Waals surface area contributed by atoms with Gasteiger partial charge in [0.05, 0.1) is 16.9 Å². The molecule has 0 fully saturated rings. The second-order valence-corrected chi connectivity index (χ2v) is 6.68. The predicted molar refractivity (Wildman–Crippen MR) is 83.9 cm³/mol. The molecule has 118 valence electrons. The van der Waals surface area contributed by atoms with Crippen LogP contribution in [-0.4, -0.2) is 30.9 Å². The second kappa shape index (κ2) is 6.15. The van der Waals surface area contributed by atoms with Crippen LogP contribution in [0.1, 0.15) is 10.4 Å². The normalized spacial score (nSPS) is 11.3. The number of hydrogen-bond donors (Lipinski definition) is 2. The number of carbonyl (C=O) groups is 1. The van der Waals surface area contributed by atoms with Crippen molar-refractivity contribution in [2.24, 2.45) is 7.05 Å². The Morgan fingerprint density at radius 3 is 2.55 bits per heavy atom. The lowest BCUT2D eigenvalue weighted by Gasteiger charge is -2.11. The Morgan fingerprint density at radius 2 is 2.00 bits per heavy atom. The lowest BCUT2D eigenvalue weighted by molar-refractivity contribution is 0.0963. The van der Waals surface area contributed by atoms with Gasteiger partial charge in [0.2, 0.25) is 5.28 Å². The van der Waals surface area contributed by atoms with E-state index in [9.17, 15) is 13.2 Å². The minimum absolute atomic E-state index is 0.0329. The fourth-order valence-electron chi connectivity index (χ4n) is 1.71. The molecule has 1 amide bonds. The van der Waals surface area contributed by atoms with Gasteiger partial charge in [-0.25, -0.2) is 4.98 Å². The molecule has 0 aliphatic rings. The Hall–Kier alpha value is -1.77. The molecule has 2 N–H and O–H groups in total. The predicted octanol–water partition coefficient (Wildman–Crippen LogP) is 1.89. The minimum Gasteiger partial charge on any atom is -0.355 e. The van der Waals surface area contributed by atoms with Gasteiger partial charge in [-0.15, -0.1) is 0 Å². The highest BCUT2D eigenvalue weighted by molar-refractivity contribution is 7.92. The first-order valence-electron chi connectivity index (χ1n) is 5.98. The fraction of sp³-hybridized carbons (Fsp3) is 0.167. The monoisotopic (exact) mass is 362 g/mol. The maximum atomic E-state index is 12.3. The molecule has 1 heterocycles. The second-order valence-electron chi connectivity index (χ2n) is 4.30. The van der Waals surface area contributed by atoms with Crippen LogP contribution in [0.3, 0.4) is 0 Å². The van der Waals surface area contributed by atoms with E-state index in [1.54, 1.807) is 0 Å². The van der Waals surface area contributed by atoms with Gasteiger partial charge in [-0.05, 0) is 29.8 Å². The molecule has 0 atom stereocenters. The molecule has 0 unspecified atom stereocenters. The van der Waals surface area contributed by atoms with Gasteiger partial charge in [0.15, 0.2) is 5.03 Å². The molecule has 0 aliphatic carbocycles. The van der Waals surface area contributed by atoms with Crippen molar-refractivity contribution in [3.8, 4) is 0 Å². The summed E-state index contributed by atoms with van der Waals surface area (Å²) in [7, 11) is -1.01. The summed E-state index contributed by atoms with van der Waals surface area (Å²) in [5, 5.41) is 2.51. The number of halogens is 2. The highest BCUT2D eigenvalue weighted by Gasteiger charge is 2.21. The summed E-state index contributed by atoms with van der Waals surface area (Å²) in [4.78, 5) is 15.3. The van der Waals surface area contributed by atoms with E-state index in [1.165, 1.54) is 36.9 Å². The summed E-state index contributed by atoms with van der Waals surface area (Å²) in [5.74, 6) is -0.360. The minimum atomic E-state index is -3.94. The van der Waals surface area contributed by atoms with Crippen LogP contribution in [0.4, 0.5) is 5.69 Å². The Labute approximate surface area is 137 Å². The number of imidazole rings is 1. The molecule has 0 spiro atoms. The van der Waals surface area contributed by atoms with Crippen LogP contribution >= 0.6 is 23.2 Å². The number of anilines is 1. The molecular weight excluding hydrogens is 351 g/mol. The SMILES string of the molecule is CNC(=O)c1ccc(Cl)c(NS(=O)(=O)c2cnc(Cl)n2C)c1. The van der Waals surface area contributed by atoms with Crippen LogP contribution < -0.4 is 10.0 Å². The number of benzene rings is 1. The smallest absolute Gasteiger partial charge is 0.279 e. The third kappa shape index (κ3) is 3.18. The van der Waals surface area contributed by atoms with Gasteiger partial charge in [-0.1, -0.05) is 11.6 Å². The molecule has 0 bridgehead atoms. The summed E-state index contributed by atoms with van der Waals surface area (Å²) >= 11 is 11.7. The van der Waals surface area contributed by atoms with Crippen LogP contribution in [0.2, 0.25) is 10.3 Å². The molecule has 2 rings (SSSR count). The fourth-order valence-corrected chi connectivity index (χ4v) is 3.32. The van der Waals surface area contributed by atoms with Gasteiger partial charge in [0, 0.05) is 19.7 Å². The maximum Gasteiger partial charge on any atom is 0.279 e. The number of sulfonamides is 1. The summed E-state index contributed by atoms with van der Waals surface area (Å²) in [5.41, 5.74) is 0.354. The van der Waals surface area contributed by atoms with E-state index in [0.717, 1.165) is 6.20 Å². The van der Waals surface area contributed by atoms with Crippen LogP contribution in [0.25, 0.3) is 0 Å². The van der Waals surface area contributed by atoms with E-state index in [-0.39, 0.29) is 32.5 Å². The van der Waals surface area contributed by atoms with Crippen molar-refractivity contribution in [3.63, 3.8) is 0 Å². The number of aromatic nitrogens is 2. The van der Waals surface area contributed by atoms with Gasteiger partial charge < -0.3 is 9.88 Å². The Balaban J connectivity index is 2.41. The maximum absolute atomic E-state index is 12.3. The van der Waals surface area contributed by atoms with E-state index in [0.29, 0.717) is 0 Å². The van der Waals surface area contributed by atoms with Crippen molar-refractivity contribution in [3.05, 3.63) is 40.3 Å². The largest absolute Gasteiger partial charge is 0.355 e. The standard InChI is InChI=1S/C12H12Cl2N4O3S/c1-15-11(19)7-3-4-8(13)9(5-7)17-22(20,21)10-6-16-12(14)18(10)2/h3-6,17H,1-2H3,(H,15,19). The number of nitrogens with one attached hydrogen (secondary N) is 2. The number of amides is 1. The van der Waals surface area contributed by atoms with Crippen LogP contribution in [-0.2, 0) is 17.1 Å². The molecule has 1 aromatic heterocycles. The topological polar surface area (TPSA) is 93.1 Å². The molecular formula is C12H12Cl2N4O3S. The van der Waals surface area contributed by atoms with Crippen molar-refractivity contribution in [2.75, 3.05) is 11.8 Å². The average molecular weight is 363 g/mol. The highest BCUT2D eigenvalue weighted by Crippen LogP contribution is 2.26. The molecule has 7 nitrogen and oxygen atoms in total. The average Bonchev–Trinajstić information content (AvgIpc) is 2.81. The molecule has 1 aromatic carbocycles. The first-order valence-corrected chi connectivity index (χ1v) is 8.22. The van der Waals surface area contributed by atoms with Crippen molar-refractivity contribution >= 4 is 44.8 Å². The van der Waals surface area contributed by atoms with Crippen molar-refractivity contribution in [1.29, 1.82) is 0 Å². The van der Waals surface area contributed by atoms with Gasteiger partial charge in [-0.2, -0.15) is 8.42 Å². The zero-order valence-electron chi connectivity index (χ0n) is 11.6. The van der Waals surface area contributed by atoms with Gasteiger partial charge in [0.1, 0.15) is 0 Å². The Morgan fingerprint density at radius 1 is 1.32 bits per heavy atom. The lowest BCUT2D eigenvalue weighted by atomic mass is 10.2. The van der Waals surface area contributed by atoms with E-state index >= 15 is 0 Å². The number of carbonyl (C=O) groups excluding carboxylic acids is 1. The van der Waals surface area contributed by atoms with Crippen LogP contribution in [0.15, 0.2) is 29.4 Å². The quantitative estimate of drug-likeness (QED) is 0.868. The molecule has 0 saturated heterocycles. The molecule has 0 saturated carbocycles. The molecule has 22 heavy (non-hydrogen) atoms. The molecule has 0 aliphatic heterocycles. The Kier molecular flexibility index (Phi) is 4.64. The summed E-state index contributed by atoms with van der Waals surface area (Å²) in [6, 6.07) is 4.26. The van der Waals surface area contributed by atoms with E-state index in [2.05, 4.69) is 15.0 Å². The van der Waals surface area contributed by atoms with Gasteiger partial charge in [0.25, 0.3) is 15.9 Å². The molecule has 0 radical (unpaired) electrons. The number of nitrogens with zero attached hydrogens (tertiary/aromatic N) is 2. The first kappa shape index (κ1) is 16.6. The number of hydrogen-bond acceptors (Lipinski definition) is 4. The summed E-state index contributed by atoms with van der Waals surface area (Å²) in [6.45, 7) is 0. The number of rotatable bonds is 4. The van der Waals surface area contributed by atoms with Crippen LogP contribution in [0, 0.1) is 0 Å². The van der Waals surface area contributed by atoms with Crippen molar-refractivity contribution in [2.45, 2.75) is 5.03 Å². The molecule has 2 aromatic rings. The van der Waals surface area contributed by atoms with E-state index in [4.69, 9.17) is 23.2 Å². The van der Waals surface area contributed by atoms with Gasteiger partial charge in [-0.3, -0.25) is 9.52 Å². The molecule has 10 heteroatoms. The van der Waals surface area contributed by atoms with E-state index in [1.807, 2.05) is 0 Å². The van der Waals surface area contributed by atoms with E-state index < -0.39 is 10.0 Å². The van der Waals surface area contributed by atoms with Crippen LogP contribution in [0.5, 0.6) is 0 Å². The summed E-state index contributed by atoms with van der Waals surface area (Å²) < 4.78 is 28.2. The zero-order valence-corrected chi connectivity index (χ0v) is 13.9. The summed E-state index contributed by atoms with van der Waals surface area (Å²) in [6.07, 6.45) is 1.13. The Bertz CT molecular complexity index is 833. The first-order chi connectivity index (χ1) is 10.3. The van der Waals surface area contributed by atoms with Gasteiger partial charge >= 0.3 is 0 Å². The zero-order chi connectivity index (χ0) is 16.5. The third-order valence-electron chi connectivity index (χ3n) is 2.86. The van der Waals surface area contributed by atoms with Crippen molar-refractivity contribution in [1.82, 2.24) is 14.9 Å². The highest BCUT2D eigenvalue weighted by atomic mass is 35.5. The third-order valence-corrected chi connectivity index (χ3v) is 4.96.